The molecule has 0 amide bonds. The second-order valence-corrected chi connectivity index (χ2v) is 7.30. The molecule has 0 unspecified atom stereocenters. The van der Waals surface area contributed by atoms with Gasteiger partial charge < -0.3 is 15.5 Å². The Balaban J connectivity index is 2.05. The summed E-state index contributed by atoms with van der Waals surface area (Å²) < 4.78 is 0. The Bertz CT molecular complexity index is 1130. The van der Waals surface area contributed by atoms with Crippen molar-refractivity contribution in [2.45, 2.75) is 0 Å². The highest BCUT2D eigenvalue weighted by Gasteiger charge is 2.13. The van der Waals surface area contributed by atoms with E-state index in [4.69, 9.17) is 10.7 Å². The summed E-state index contributed by atoms with van der Waals surface area (Å²) in [6, 6.07) is 21.1. The minimum Gasteiger partial charge on any atom is -0.399 e. The van der Waals surface area contributed by atoms with Crippen LogP contribution in [0.15, 0.2) is 60.7 Å². The van der Waals surface area contributed by atoms with Gasteiger partial charge in [0.2, 0.25) is 0 Å². The molecule has 0 aliphatic carbocycles. The fourth-order valence-electron chi connectivity index (χ4n) is 3.47. The molecule has 0 bridgehead atoms. The maximum atomic E-state index is 6.03. The van der Waals surface area contributed by atoms with Crippen LogP contribution in [-0.4, -0.2) is 33.2 Å². The molecule has 3 aromatic carbocycles. The summed E-state index contributed by atoms with van der Waals surface area (Å²) >= 11 is 0. The van der Waals surface area contributed by atoms with Gasteiger partial charge in [-0.25, -0.2) is 4.98 Å². The molecule has 4 nitrogen and oxygen atoms in total. The average molecular weight is 356 g/mol. The third kappa shape index (κ3) is 3.04. The summed E-state index contributed by atoms with van der Waals surface area (Å²) in [6.07, 6.45) is 0. The summed E-state index contributed by atoms with van der Waals surface area (Å²) in [5.41, 5.74) is 13.4. The molecular weight excluding hydrogens is 332 g/mol. The molecule has 0 spiro atoms. The summed E-state index contributed by atoms with van der Waals surface area (Å²) in [5, 5.41) is 2.27. The Morgan fingerprint density at radius 2 is 1.22 bits per heavy atom. The van der Waals surface area contributed by atoms with Gasteiger partial charge in [0.15, 0.2) is 0 Å². The van der Waals surface area contributed by atoms with Gasteiger partial charge in [-0.15, -0.1) is 0 Å². The van der Waals surface area contributed by atoms with Crippen LogP contribution in [0.2, 0.25) is 0 Å². The van der Waals surface area contributed by atoms with Gasteiger partial charge in [0.1, 0.15) is 0 Å². The molecule has 0 atom stereocenters. The fourth-order valence-corrected chi connectivity index (χ4v) is 3.47. The van der Waals surface area contributed by atoms with Gasteiger partial charge in [0, 0.05) is 61.6 Å². The lowest BCUT2D eigenvalue weighted by molar-refractivity contribution is 1.13. The molecule has 136 valence electrons. The van der Waals surface area contributed by atoms with Crippen LogP contribution in [0.3, 0.4) is 0 Å². The molecule has 0 saturated heterocycles. The number of fused-ring (bicyclic) bond motifs is 2. The highest BCUT2D eigenvalue weighted by atomic mass is 15.1. The number of hydrogen-bond donors (Lipinski definition) is 1. The lowest BCUT2D eigenvalue weighted by Gasteiger charge is -2.17. The van der Waals surface area contributed by atoms with Gasteiger partial charge in [-0.05, 0) is 42.0 Å². The highest BCUT2D eigenvalue weighted by molar-refractivity contribution is 6.10. The summed E-state index contributed by atoms with van der Waals surface area (Å²) in [5.74, 6) is 0. The first-order valence-electron chi connectivity index (χ1n) is 9.02. The van der Waals surface area contributed by atoms with Gasteiger partial charge in [-0.3, -0.25) is 0 Å². The molecule has 1 aromatic heterocycles. The first-order chi connectivity index (χ1) is 12.9. The van der Waals surface area contributed by atoms with Crippen LogP contribution in [-0.2, 0) is 0 Å². The number of hydrogen-bond acceptors (Lipinski definition) is 4. The standard InChI is InChI=1S/C23H24N4/c1-26(2)17-8-5-15(6-9-17)23-19-11-7-16(24)13-21(19)25-22-14-18(27(3)4)10-12-20(22)23/h5-14H,24H2,1-4H3. The largest absolute Gasteiger partial charge is 0.399 e. The first-order valence-corrected chi connectivity index (χ1v) is 9.02. The van der Waals surface area contributed by atoms with Gasteiger partial charge in [-0.2, -0.15) is 0 Å². The number of rotatable bonds is 3. The minimum atomic E-state index is 0.729. The second-order valence-electron chi connectivity index (χ2n) is 7.30. The Morgan fingerprint density at radius 1 is 0.667 bits per heavy atom. The van der Waals surface area contributed by atoms with Gasteiger partial charge in [0.25, 0.3) is 0 Å². The zero-order valence-corrected chi connectivity index (χ0v) is 16.2. The van der Waals surface area contributed by atoms with E-state index >= 15 is 0 Å². The number of nitrogens with two attached hydrogens (primary N) is 1. The Hall–Kier alpha value is -3.27. The average Bonchev–Trinajstić information content (AvgIpc) is 2.65. The van der Waals surface area contributed by atoms with Gasteiger partial charge >= 0.3 is 0 Å². The monoisotopic (exact) mass is 356 g/mol. The summed E-state index contributed by atoms with van der Waals surface area (Å²) in [4.78, 5) is 9.10. The van der Waals surface area contributed by atoms with E-state index in [1.807, 2.05) is 26.2 Å². The minimum absolute atomic E-state index is 0.729. The van der Waals surface area contributed by atoms with Crippen molar-refractivity contribution in [3.05, 3.63) is 60.7 Å². The molecule has 0 saturated carbocycles. The molecule has 0 aliphatic rings. The number of pyridine rings is 1. The molecule has 0 aliphatic heterocycles. The molecule has 0 fully saturated rings. The summed E-state index contributed by atoms with van der Waals surface area (Å²) in [6.45, 7) is 0. The van der Waals surface area contributed by atoms with Crippen molar-refractivity contribution in [2.24, 2.45) is 0 Å². The van der Waals surface area contributed by atoms with Crippen molar-refractivity contribution in [3.8, 4) is 11.1 Å². The zero-order valence-electron chi connectivity index (χ0n) is 16.2. The fraction of sp³-hybridized carbons (Fsp3) is 0.174. The third-order valence-corrected chi connectivity index (χ3v) is 4.97. The molecule has 1 heterocycles. The maximum absolute atomic E-state index is 6.03. The molecule has 4 heteroatoms. The Labute approximate surface area is 159 Å². The van der Waals surface area contributed by atoms with Crippen molar-refractivity contribution in [1.29, 1.82) is 0 Å². The maximum Gasteiger partial charge on any atom is 0.0736 e. The van der Waals surface area contributed by atoms with E-state index in [9.17, 15) is 0 Å². The zero-order chi connectivity index (χ0) is 19.1. The third-order valence-electron chi connectivity index (χ3n) is 4.97. The van der Waals surface area contributed by atoms with E-state index in [-0.39, 0.29) is 0 Å². The second kappa shape index (κ2) is 6.47. The van der Waals surface area contributed by atoms with Gasteiger partial charge in [0.05, 0.1) is 11.0 Å². The SMILES string of the molecule is CN(C)c1ccc(-c2c3ccc(N)cc3nc3cc(N(C)C)ccc23)cc1. The van der Waals surface area contributed by atoms with E-state index in [1.54, 1.807) is 0 Å². The summed E-state index contributed by atoms with van der Waals surface area (Å²) in [7, 11) is 8.19. The number of benzene rings is 3. The van der Waals surface area contributed by atoms with E-state index in [2.05, 4.69) is 72.4 Å². The van der Waals surface area contributed by atoms with Crippen LogP contribution >= 0.6 is 0 Å². The number of nitrogens with zero attached hydrogens (tertiary/aromatic N) is 3. The molecule has 2 N–H and O–H groups in total. The molecule has 27 heavy (non-hydrogen) atoms. The van der Waals surface area contributed by atoms with Crippen LogP contribution in [0.4, 0.5) is 17.1 Å². The highest BCUT2D eigenvalue weighted by Crippen LogP contribution is 2.37. The predicted octanol–water partition coefficient (Wildman–Crippen LogP) is 4.77. The first kappa shape index (κ1) is 17.2. The van der Waals surface area contributed by atoms with Crippen molar-refractivity contribution in [2.75, 3.05) is 43.7 Å². The normalized spacial score (nSPS) is 11.1. The van der Waals surface area contributed by atoms with Gasteiger partial charge in [-0.1, -0.05) is 24.3 Å². The predicted molar refractivity (Wildman–Crippen MR) is 118 cm³/mol. The Kier molecular flexibility index (Phi) is 4.11. The smallest absolute Gasteiger partial charge is 0.0736 e. The molecular formula is C23H24N4. The van der Waals surface area contributed by atoms with Crippen molar-refractivity contribution in [3.63, 3.8) is 0 Å². The van der Waals surface area contributed by atoms with Crippen LogP contribution in [0.1, 0.15) is 0 Å². The quantitative estimate of drug-likeness (QED) is 0.424. The van der Waals surface area contributed by atoms with Crippen LogP contribution in [0.5, 0.6) is 0 Å². The van der Waals surface area contributed by atoms with Crippen molar-refractivity contribution in [1.82, 2.24) is 4.98 Å². The van der Waals surface area contributed by atoms with E-state index < -0.39 is 0 Å². The van der Waals surface area contributed by atoms with E-state index in [0.717, 1.165) is 33.2 Å². The van der Waals surface area contributed by atoms with E-state index in [1.165, 1.54) is 16.8 Å². The molecule has 0 radical (unpaired) electrons. The lowest BCUT2D eigenvalue weighted by atomic mass is 9.95. The van der Waals surface area contributed by atoms with Crippen LogP contribution < -0.4 is 15.5 Å². The van der Waals surface area contributed by atoms with Crippen molar-refractivity contribution < 1.29 is 0 Å². The van der Waals surface area contributed by atoms with Crippen molar-refractivity contribution >= 4 is 38.9 Å². The Morgan fingerprint density at radius 3 is 1.85 bits per heavy atom. The molecule has 4 aromatic rings. The lowest BCUT2D eigenvalue weighted by Crippen LogP contribution is -2.08. The van der Waals surface area contributed by atoms with E-state index in [0.29, 0.717) is 0 Å². The topological polar surface area (TPSA) is 45.4 Å². The molecule has 4 rings (SSSR count). The van der Waals surface area contributed by atoms with Crippen LogP contribution in [0.25, 0.3) is 32.9 Å². The number of aromatic nitrogens is 1. The number of nitrogen functional groups attached to an aromatic ring is 1. The van der Waals surface area contributed by atoms with Crippen LogP contribution in [0, 0.1) is 0 Å². The number of anilines is 3.